The Bertz CT molecular complexity index is 1070. The average Bonchev–Trinajstić information content (AvgIpc) is 3.14. The van der Waals surface area contributed by atoms with E-state index in [9.17, 15) is 13.2 Å². The van der Waals surface area contributed by atoms with Crippen molar-refractivity contribution in [2.75, 3.05) is 18.5 Å². The van der Waals surface area contributed by atoms with Gasteiger partial charge in [0.05, 0.1) is 24.4 Å². The largest absolute Gasteiger partial charge is 0.469 e. The molecule has 1 saturated carbocycles. The maximum absolute atomic E-state index is 13.3. The van der Waals surface area contributed by atoms with E-state index in [0.717, 1.165) is 43.1 Å². The van der Waals surface area contributed by atoms with Gasteiger partial charge in [0.25, 0.3) is 0 Å². The summed E-state index contributed by atoms with van der Waals surface area (Å²) in [5.41, 5.74) is 0.925. The Kier molecular flexibility index (Phi) is 5.12. The number of ether oxygens (including phenoxy) is 2. The van der Waals surface area contributed by atoms with Gasteiger partial charge in [-0.1, -0.05) is 17.7 Å². The Morgan fingerprint density at radius 1 is 1.19 bits per heavy atom. The number of halogens is 3. The van der Waals surface area contributed by atoms with Crippen LogP contribution in [-0.4, -0.2) is 50.2 Å². The van der Waals surface area contributed by atoms with Gasteiger partial charge in [-0.25, -0.2) is 9.50 Å². The fourth-order valence-corrected chi connectivity index (χ4v) is 4.07. The summed E-state index contributed by atoms with van der Waals surface area (Å²) in [6.07, 6.45) is 1.18. The number of rotatable bonds is 5. The molecule has 31 heavy (non-hydrogen) atoms. The molecule has 4 heterocycles. The molecule has 11 heteroatoms. The molecule has 0 spiro atoms. The topological polar surface area (TPSA) is 86.5 Å². The van der Waals surface area contributed by atoms with Crippen LogP contribution in [0.25, 0.3) is 5.52 Å². The molecular formula is C20H21F3N6O2. The molecule has 2 fully saturated rings. The molecular weight excluding hydrogens is 413 g/mol. The average molecular weight is 434 g/mol. The zero-order valence-electron chi connectivity index (χ0n) is 16.5. The van der Waals surface area contributed by atoms with Crippen molar-refractivity contribution in [1.82, 2.24) is 24.8 Å². The summed E-state index contributed by atoms with van der Waals surface area (Å²) in [7, 11) is 0. The van der Waals surface area contributed by atoms with Crippen molar-refractivity contribution >= 4 is 11.5 Å². The van der Waals surface area contributed by atoms with Crippen LogP contribution in [0, 0.1) is 0 Å². The predicted molar refractivity (Wildman–Crippen MR) is 104 cm³/mol. The monoisotopic (exact) mass is 434 g/mol. The van der Waals surface area contributed by atoms with Crippen LogP contribution in [0.5, 0.6) is 5.88 Å². The molecule has 0 aromatic carbocycles. The molecule has 1 aliphatic heterocycles. The molecule has 2 atom stereocenters. The fourth-order valence-electron chi connectivity index (χ4n) is 4.07. The smallest absolute Gasteiger partial charge is 0.423 e. The zero-order valence-corrected chi connectivity index (χ0v) is 16.5. The van der Waals surface area contributed by atoms with E-state index in [-0.39, 0.29) is 31.1 Å². The maximum Gasteiger partial charge on any atom is 0.423 e. The summed E-state index contributed by atoms with van der Waals surface area (Å²) in [4.78, 5) is 7.94. The van der Waals surface area contributed by atoms with E-state index in [2.05, 4.69) is 25.6 Å². The third-order valence-electron chi connectivity index (χ3n) is 5.69. The summed E-state index contributed by atoms with van der Waals surface area (Å²) in [6.45, 7) is 0.502. The Morgan fingerprint density at radius 2 is 2.06 bits per heavy atom. The van der Waals surface area contributed by atoms with Crippen LogP contribution in [0.15, 0.2) is 30.6 Å². The zero-order chi connectivity index (χ0) is 21.4. The van der Waals surface area contributed by atoms with Crippen molar-refractivity contribution < 1.29 is 22.6 Å². The predicted octanol–water partition coefficient (Wildman–Crippen LogP) is 3.45. The molecule has 1 aliphatic carbocycles. The molecule has 1 saturated heterocycles. The highest BCUT2D eigenvalue weighted by Crippen LogP contribution is 2.37. The molecule has 0 bridgehead atoms. The Labute approximate surface area is 175 Å². The molecule has 164 valence electrons. The van der Waals surface area contributed by atoms with Crippen LogP contribution < -0.4 is 10.1 Å². The SMILES string of the molecule is FC(F)(F)c1cnc(N[C@@H]2CCC[C@H](c3nnn4ccccc34)C2)nc1OC1COC1. The van der Waals surface area contributed by atoms with Crippen molar-refractivity contribution in [1.29, 1.82) is 0 Å². The van der Waals surface area contributed by atoms with Crippen LogP contribution >= 0.6 is 0 Å². The van der Waals surface area contributed by atoms with Gasteiger partial charge in [-0.3, -0.25) is 0 Å². The van der Waals surface area contributed by atoms with E-state index in [0.29, 0.717) is 0 Å². The van der Waals surface area contributed by atoms with Gasteiger partial charge in [0.1, 0.15) is 11.7 Å². The standard InChI is InChI=1S/C20H21F3N6O2/c21-20(22,23)15-9-24-19(26-18(15)31-14-10-30-11-14)25-13-5-3-4-12(8-13)17-16-6-1-2-7-29(16)28-27-17/h1-2,6-7,9,12-14H,3-5,8,10-11H2,(H,24,25,26)/t12-,13+/m0/s1. The van der Waals surface area contributed by atoms with Gasteiger partial charge in [-0.15, -0.1) is 5.10 Å². The number of nitrogens with zero attached hydrogens (tertiary/aromatic N) is 5. The molecule has 3 aromatic heterocycles. The summed E-state index contributed by atoms with van der Waals surface area (Å²) in [5.74, 6) is -0.139. The highest BCUT2D eigenvalue weighted by molar-refractivity contribution is 5.52. The first-order valence-corrected chi connectivity index (χ1v) is 10.2. The summed E-state index contributed by atoms with van der Waals surface area (Å²) < 4.78 is 52.1. The minimum Gasteiger partial charge on any atom is -0.469 e. The van der Waals surface area contributed by atoms with E-state index >= 15 is 0 Å². The highest BCUT2D eigenvalue weighted by Gasteiger charge is 2.38. The number of hydrogen-bond acceptors (Lipinski definition) is 7. The lowest BCUT2D eigenvalue weighted by molar-refractivity contribution is -0.142. The molecule has 3 aromatic rings. The molecule has 1 N–H and O–H groups in total. The molecule has 5 rings (SSSR count). The molecule has 2 aliphatic rings. The van der Waals surface area contributed by atoms with E-state index in [1.54, 1.807) is 4.52 Å². The lowest BCUT2D eigenvalue weighted by Crippen LogP contribution is -2.39. The Morgan fingerprint density at radius 3 is 2.84 bits per heavy atom. The molecule has 8 nitrogen and oxygen atoms in total. The highest BCUT2D eigenvalue weighted by atomic mass is 19.4. The van der Waals surface area contributed by atoms with Crippen molar-refractivity contribution in [3.8, 4) is 5.88 Å². The van der Waals surface area contributed by atoms with Crippen molar-refractivity contribution in [2.24, 2.45) is 0 Å². The van der Waals surface area contributed by atoms with Crippen LogP contribution in [0.3, 0.4) is 0 Å². The van der Waals surface area contributed by atoms with Gasteiger partial charge < -0.3 is 14.8 Å². The first kappa shape index (κ1) is 20.0. The van der Waals surface area contributed by atoms with Crippen molar-refractivity contribution in [2.45, 2.75) is 49.9 Å². The van der Waals surface area contributed by atoms with Crippen LogP contribution in [0.4, 0.5) is 19.1 Å². The van der Waals surface area contributed by atoms with Gasteiger partial charge in [0, 0.05) is 24.4 Å². The van der Waals surface area contributed by atoms with Gasteiger partial charge in [-0.05, 0) is 31.4 Å². The number of alkyl halides is 3. The minimum atomic E-state index is -4.59. The summed E-state index contributed by atoms with van der Waals surface area (Å²) >= 11 is 0. The lowest BCUT2D eigenvalue weighted by atomic mass is 9.83. The van der Waals surface area contributed by atoms with E-state index < -0.39 is 23.7 Å². The van der Waals surface area contributed by atoms with E-state index in [4.69, 9.17) is 9.47 Å². The van der Waals surface area contributed by atoms with Gasteiger partial charge in [0.15, 0.2) is 0 Å². The number of aromatic nitrogens is 5. The normalized spacial score (nSPS) is 22.3. The quantitative estimate of drug-likeness (QED) is 0.658. The van der Waals surface area contributed by atoms with E-state index in [1.165, 1.54) is 0 Å². The second kappa shape index (κ2) is 7.95. The number of nitrogens with one attached hydrogen (secondary N) is 1. The summed E-state index contributed by atoms with van der Waals surface area (Å²) in [5, 5.41) is 11.7. The van der Waals surface area contributed by atoms with Crippen molar-refractivity contribution in [3.63, 3.8) is 0 Å². The maximum atomic E-state index is 13.3. The van der Waals surface area contributed by atoms with Crippen LogP contribution in [0.1, 0.15) is 42.9 Å². The third kappa shape index (κ3) is 4.14. The second-order valence-electron chi connectivity index (χ2n) is 7.90. The first-order valence-electron chi connectivity index (χ1n) is 10.2. The van der Waals surface area contributed by atoms with Crippen molar-refractivity contribution in [3.05, 3.63) is 41.9 Å². The van der Waals surface area contributed by atoms with Gasteiger partial charge >= 0.3 is 6.18 Å². The number of fused-ring (bicyclic) bond motifs is 1. The number of pyridine rings is 1. The first-order chi connectivity index (χ1) is 15.0. The third-order valence-corrected chi connectivity index (χ3v) is 5.69. The van der Waals surface area contributed by atoms with Crippen LogP contribution in [0.2, 0.25) is 0 Å². The summed E-state index contributed by atoms with van der Waals surface area (Å²) in [6, 6.07) is 5.84. The number of hydrogen-bond donors (Lipinski definition) is 1. The van der Waals surface area contributed by atoms with Gasteiger partial charge in [0.2, 0.25) is 11.8 Å². The lowest BCUT2D eigenvalue weighted by Gasteiger charge is -2.29. The molecule has 0 radical (unpaired) electrons. The molecule has 0 amide bonds. The molecule has 0 unspecified atom stereocenters. The minimum absolute atomic E-state index is 0.0100. The Hall–Kier alpha value is -2.95. The van der Waals surface area contributed by atoms with Crippen LogP contribution in [-0.2, 0) is 10.9 Å². The fraction of sp³-hybridized carbons (Fsp3) is 0.500. The van der Waals surface area contributed by atoms with E-state index in [1.807, 2.05) is 24.4 Å². The van der Waals surface area contributed by atoms with Gasteiger partial charge in [-0.2, -0.15) is 18.2 Å². The second-order valence-corrected chi connectivity index (χ2v) is 7.90. The number of anilines is 1. The Balaban J connectivity index is 1.33.